The molecule has 1 fully saturated rings. The van der Waals surface area contributed by atoms with Crippen LogP contribution >= 0.6 is 0 Å². The molecular weight excluding hydrogens is 484 g/mol. The van der Waals surface area contributed by atoms with Crippen molar-refractivity contribution in [1.82, 2.24) is 0 Å². The molecule has 0 aliphatic carbocycles. The van der Waals surface area contributed by atoms with E-state index < -0.39 is 12.3 Å². The second-order valence-corrected chi connectivity index (χ2v) is 10.7. The molecule has 10 nitrogen and oxygen atoms in total. The maximum atomic E-state index is 9.02. The second kappa shape index (κ2) is 23.4. The molecule has 1 aliphatic rings. The summed E-state index contributed by atoms with van der Waals surface area (Å²) >= 11 is 0. The van der Waals surface area contributed by atoms with Crippen LogP contribution in [0.4, 0.5) is 0 Å². The summed E-state index contributed by atoms with van der Waals surface area (Å²) in [6.45, 7) is 7.88. The Kier molecular flexibility index (Phi) is 21.2. The highest BCUT2D eigenvalue weighted by Gasteiger charge is 2.41. The Morgan fingerprint density at radius 3 is 1.89 bits per heavy atom. The zero-order chi connectivity index (χ0) is 27.8. The van der Waals surface area contributed by atoms with Gasteiger partial charge in [-0.2, -0.15) is 0 Å². The van der Waals surface area contributed by atoms with Crippen molar-refractivity contribution in [3.8, 4) is 0 Å². The van der Waals surface area contributed by atoms with Gasteiger partial charge in [0.25, 0.3) is 0 Å². The Hall–Kier alpha value is -1.54. The zero-order valence-electron chi connectivity index (χ0n) is 24.5. The first-order chi connectivity index (χ1) is 18.6. The number of ether oxygens (including phenoxy) is 4. The molecule has 0 aromatic rings. The minimum absolute atomic E-state index is 0.0149. The molecule has 38 heavy (non-hydrogen) atoms. The summed E-state index contributed by atoms with van der Waals surface area (Å²) in [4.78, 5) is 5.82. The van der Waals surface area contributed by atoms with Crippen molar-refractivity contribution in [2.45, 2.75) is 135 Å². The largest absolute Gasteiger partial charge is 0.379 e. The molecule has 0 bridgehead atoms. The van der Waals surface area contributed by atoms with E-state index in [1.165, 1.54) is 83.5 Å². The third-order valence-electron chi connectivity index (χ3n) is 7.78. The molecule has 6 atom stereocenters. The highest BCUT2D eigenvalue weighted by atomic mass is 16.7. The average molecular weight is 539 g/mol. The molecule has 1 heterocycles. The van der Waals surface area contributed by atoms with Gasteiger partial charge in [0, 0.05) is 23.5 Å². The lowest BCUT2D eigenvalue weighted by Gasteiger charge is -2.42. The summed E-state index contributed by atoms with van der Waals surface area (Å²) in [5.41, 5.74) is 17.7. The van der Waals surface area contributed by atoms with Gasteiger partial charge in [0.15, 0.2) is 6.29 Å². The minimum Gasteiger partial charge on any atom is -0.379 e. The Morgan fingerprint density at radius 1 is 0.789 bits per heavy atom. The lowest BCUT2D eigenvalue weighted by molar-refractivity contribution is -0.237. The van der Waals surface area contributed by atoms with E-state index in [1.54, 1.807) is 7.11 Å². The Bertz CT molecular complexity index is 670. The van der Waals surface area contributed by atoms with E-state index in [0.29, 0.717) is 13.2 Å². The minimum atomic E-state index is -0.723. The van der Waals surface area contributed by atoms with Crippen molar-refractivity contribution in [2.24, 2.45) is 22.1 Å². The SMILES string of the molecule is CCCCCCCCCCCCCCCCOCC(CO[C@H]1OC(CN=[N+]=[N-])[C@H](C)[C@H](C)C1N=[N+]=[N-])OC. The summed E-state index contributed by atoms with van der Waals surface area (Å²) in [7, 11) is 1.63. The third kappa shape index (κ3) is 15.2. The molecule has 3 unspecified atom stereocenters. The van der Waals surface area contributed by atoms with Crippen LogP contribution in [0, 0.1) is 11.8 Å². The molecule has 0 aromatic carbocycles. The maximum Gasteiger partial charge on any atom is 0.166 e. The first-order valence-electron chi connectivity index (χ1n) is 15.0. The van der Waals surface area contributed by atoms with Crippen molar-refractivity contribution >= 4 is 0 Å². The van der Waals surface area contributed by atoms with Gasteiger partial charge in [-0.3, -0.25) is 0 Å². The molecule has 220 valence electrons. The van der Waals surface area contributed by atoms with Gasteiger partial charge < -0.3 is 18.9 Å². The van der Waals surface area contributed by atoms with Crippen LogP contribution in [0.15, 0.2) is 10.2 Å². The van der Waals surface area contributed by atoms with Crippen LogP contribution in [-0.2, 0) is 18.9 Å². The van der Waals surface area contributed by atoms with Gasteiger partial charge in [0.1, 0.15) is 6.10 Å². The van der Waals surface area contributed by atoms with Crippen LogP contribution in [0.3, 0.4) is 0 Å². The molecule has 0 radical (unpaired) electrons. The third-order valence-corrected chi connectivity index (χ3v) is 7.78. The van der Waals surface area contributed by atoms with Crippen LogP contribution in [0.2, 0.25) is 0 Å². The second-order valence-electron chi connectivity index (χ2n) is 10.7. The molecule has 1 saturated heterocycles. The first kappa shape index (κ1) is 34.5. The highest BCUT2D eigenvalue weighted by molar-refractivity contribution is 4.90. The van der Waals surface area contributed by atoms with E-state index >= 15 is 0 Å². The maximum absolute atomic E-state index is 9.02. The van der Waals surface area contributed by atoms with Gasteiger partial charge in [-0.15, -0.1) is 0 Å². The molecular formula is C28H54N6O4. The molecule has 0 saturated carbocycles. The molecule has 0 N–H and O–H groups in total. The monoisotopic (exact) mass is 538 g/mol. The van der Waals surface area contributed by atoms with Crippen molar-refractivity contribution < 1.29 is 18.9 Å². The number of hydrogen-bond acceptors (Lipinski definition) is 6. The van der Waals surface area contributed by atoms with Crippen molar-refractivity contribution in [3.63, 3.8) is 0 Å². The quantitative estimate of drug-likeness (QED) is 0.0526. The fraction of sp³-hybridized carbons (Fsp3) is 1.00. The molecule has 1 aliphatic heterocycles. The Labute approximate surface area is 230 Å². The molecule has 10 heteroatoms. The predicted octanol–water partition coefficient (Wildman–Crippen LogP) is 8.50. The molecule has 0 spiro atoms. The lowest BCUT2D eigenvalue weighted by Crippen LogP contribution is -2.51. The fourth-order valence-corrected chi connectivity index (χ4v) is 4.96. The number of rotatable bonds is 24. The van der Waals surface area contributed by atoms with Gasteiger partial charge in [0.05, 0.1) is 31.9 Å². The molecule has 0 amide bonds. The standard InChI is InChI=1S/C28H54N6O4/c1-5-6-7-8-9-10-11-12-13-14-15-16-17-18-19-36-21-25(35-4)22-37-28-27(32-34-30)24(3)23(2)26(38-28)20-31-33-29/h23-28H,5-22H2,1-4H3/t23-,24+,25?,26?,27?,28+/m1/s1. The van der Waals surface area contributed by atoms with Gasteiger partial charge in [0.2, 0.25) is 0 Å². The van der Waals surface area contributed by atoms with E-state index in [-0.39, 0.29) is 37.2 Å². The van der Waals surface area contributed by atoms with E-state index in [9.17, 15) is 0 Å². The zero-order valence-corrected chi connectivity index (χ0v) is 24.5. The van der Waals surface area contributed by atoms with Crippen LogP contribution < -0.4 is 0 Å². The Balaban J connectivity index is 2.15. The smallest absolute Gasteiger partial charge is 0.166 e. The van der Waals surface area contributed by atoms with E-state index in [4.69, 9.17) is 30.0 Å². The van der Waals surface area contributed by atoms with Gasteiger partial charge in [-0.25, -0.2) is 0 Å². The summed E-state index contributed by atoms with van der Waals surface area (Å²) < 4.78 is 23.4. The van der Waals surface area contributed by atoms with Crippen LogP contribution in [-0.4, -0.2) is 58.0 Å². The average Bonchev–Trinajstić information content (AvgIpc) is 2.92. The first-order valence-corrected chi connectivity index (χ1v) is 15.0. The fourth-order valence-electron chi connectivity index (χ4n) is 4.96. The van der Waals surface area contributed by atoms with Gasteiger partial charge in [-0.05, 0) is 29.3 Å². The number of nitrogens with zero attached hydrogens (tertiary/aromatic N) is 6. The predicted molar refractivity (Wildman–Crippen MR) is 152 cm³/mol. The van der Waals surface area contributed by atoms with E-state index in [0.717, 1.165) is 6.42 Å². The Morgan fingerprint density at radius 2 is 1.37 bits per heavy atom. The number of unbranched alkanes of at least 4 members (excludes halogenated alkanes) is 13. The van der Waals surface area contributed by atoms with E-state index in [2.05, 4.69) is 27.0 Å². The van der Waals surface area contributed by atoms with Crippen molar-refractivity contribution in [3.05, 3.63) is 20.9 Å². The number of hydrogen-bond donors (Lipinski definition) is 0. The normalized spacial score (nSPS) is 23.9. The topological polar surface area (TPSA) is 134 Å². The van der Waals surface area contributed by atoms with Crippen molar-refractivity contribution in [1.29, 1.82) is 0 Å². The van der Waals surface area contributed by atoms with Crippen LogP contribution in [0.25, 0.3) is 20.9 Å². The van der Waals surface area contributed by atoms with Crippen LogP contribution in [0.1, 0.15) is 111 Å². The van der Waals surface area contributed by atoms with Crippen LogP contribution in [0.5, 0.6) is 0 Å². The molecule has 0 aromatic heterocycles. The summed E-state index contributed by atoms with van der Waals surface area (Å²) in [6.07, 6.45) is 17.4. The lowest BCUT2D eigenvalue weighted by atomic mass is 9.82. The number of azide groups is 2. The highest BCUT2D eigenvalue weighted by Crippen LogP contribution is 2.33. The van der Waals surface area contributed by atoms with E-state index in [1.807, 2.05) is 13.8 Å². The molecule has 1 rings (SSSR count). The summed E-state index contributed by atoms with van der Waals surface area (Å²) in [5.74, 6) is 0.0728. The summed E-state index contributed by atoms with van der Waals surface area (Å²) in [6, 6.07) is -0.466. The van der Waals surface area contributed by atoms with Crippen molar-refractivity contribution in [2.75, 3.05) is 33.5 Å². The van der Waals surface area contributed by atoms with Gasteiger partial charge >= 0.3 is 0 Å². The summed E-state index contributed by atoms with van der Waals surface area (Å²) in [5, 5.41) is 7.57. The number of methoxy groups -OCH3 is 1. The van der Waals surface area contributed by atoms with Gasteiger partial charge in [-0.1, -0.05) is 114 Å².